The van der Waals surface area contributed by atoms with Gasteiger partial charge in [-0.05, 0) is 60.7 Å². The lowest BCUT2D eigenvalue weighted by atomic mass is 10.0. The molecule has 0 radical (unpaired) electrons. The van der Waals surface area contributed by atoms with Gasteiger partial charge in [-0.25, -0.2) is 4.79 Å². The number of aromatic nitrogens is 2. The number of carbonyl (C=O) groups is 1. The van der Waals surface area contributed by atoms with E-state index in [0.717, 1.165) is 56.5 Å². The molecule has 1 aromatic carbocycles. The number of benzene rings is 1. The molecule has 2 fully saturated rings. The summed E-state index contributed by atoms with van der Waals surface area (Å²) < 4.78 is 7.59. The number of aromatic carboxylic acids is 1. The Labute approximate surface area is 203 Å². The first-order valence-corrected chi connectivity index (χ1v) is 11.8. The molecule has 2 aliphatic heterocycles. The van der Waals surface area contributed by atoms with Crippen LogP contribution in [0.5, 0.6) is 0 Å². The van der Waals surface area contributed by atoms with E-state index in [9.17, 15) is 9.90 Å². The van der Waals surface area contributed by atoms with Crippen LogP contribution in [0.1, 0.15) is 33.8 Å². The van der Waals surface area contributed by atoms with Gasteiger partial charge in [0, 0.05) is 50.0 Å². The zero-order valence-electron chi connectivity index (χ0n) is 18.7. The Hall–Kier alpha value is -3.27. The van der Waals surface area contributed by atoms with Gasteiger partial charge in [-0.2, -0.15) is 0 Å². The zero-order chi connectivity index (χ0) is 23.5. The minimum absolute atomic E-state index is 0.0717. The molecule has 9 heteroatoms. The Kier molecular flexibility index (Phi) is 6.57. The van der Waals surface area contributed by atoms with Gasteiger partial charge in [-0.3, -0.25) is 9.88 Å². The molecule has 0 bridgehead atoms. The van der Waals surface area contributed by atoms with Gasteiger partial charge in [0.15, 0.2) is 5.11 Å². The third kappa shape index (κ3) is 4.54. The zero-order valence-corrected chi connectivity index (χ0v) is 19.5. The number of hydrogen-bond donors (Lipinski definition) is 2. The quantitative estimate of drug-likeness (QED) is 0.503. The van der Waals surface area contributed by atoms with Crippen LogP contribution in [0, 0.1) is 0 Å². The molecular weight excluding hydrogens is 450 g/mol. The predicted molar refractivity (Wildman–Crippen MR) is 132 cm³/mol. The third-order valence-corrected chi connectivity index (χ3v) is 6.79. The van der Waals surface area contributed by atoms with E-state index in [-0.39, 0.29) is 17.6 Å². The van der Waals surface area contributed by atoms with Gasteiger partial charge in [0.1, 0.15) is 0 Å². The van der Waals surface area contributed by atoms with Crippen LogP contribution in [0.2, 0.25) is 0 Å². The molecule has 0 saturated carbocycles. The molecule has 8 nitrogen and oxygen atoms in total. The fourth-order valence-electron chi connectivity index (χ4n) is 4.68. The van der Waals surface area contributed by atoms with Crippen molar-refractivity contribution in [2.24, 2.45) is 0 Å². The second-order valence-electron chi connectivity index (χ2n) is 8.43. The molecule has 34 heavy (non-hydrogen) atoms. The van der Waals surface area contributed by atoms with Gasteiger partial charge in [0.2, 0.25) is 0 Å². The summed E-state index contributed by atoms with van der Waals surface area (Å²) in [7, 11) is 0. The molecule has 5 rings (SSSR count). The smallest absolute Gasteiger partial charge is 0.335 e. The van der Waals surface area contributed by atoms with E-state index in [2.05, 4.69) is 30.7 Å². The largest absolute Gasteiger partial charge is 0.478 e. The molecule has 2 N–H and O–H groups in total. The summed E-state index contributed by atoms with van der Waals surface area (Å²) in [5, 5.41) is 13.5. The molecule has 2 aliphatic rings. The number of hydrogen-bond acceptors (Lipinski definition) is 5. The molecule has 0 aliphatic carbocycles. The minimum atomic E-state index is -0.936. The monoisotopic (exact) mass is 477 g/mol. The summed E-state index contributed by atoms with van der Waals surface area (Å²) in [6.07, 6.45) is 3.80. The summed E-state index contributed by atoms with van der Waals surface area (Å²) in [6, 6.07) is 16.8. The molecule has 176 valence electrons. The van der Waals surface area contributed by atoms with Crippen molar-refractivity contribution in [1.82, 2.24) is 24.7 Å². The maximum Gasteiger partial charge on any atom is 0.335 e. The number of nitrogens with one attached hydrogen (secondary N) is 1. The normalized spacial score (nSPS) is 20.9. The molecule has 2 saturated heterocycles. The highest BCUT2D eigenvalue weighted by atomic mass is 32.1. The molecule has 2 atom stereocenters. The number of morpholine rings is 1. The van der Waals surface area contributed by atoms with Gasteiger partial charge in [0.05, 0.1) is 36.6 Å². The first-order valence-electron chi connectivity index (χ1n) is 11.4. The Bertz CT molecular complexity index is 1140. The second kappa shape index (κ2) is 9.92. The maximum absolute atomic E-state index is 11.3. The Morgan fingerprint density at radius 3 is 2.59 bits per heavy atom. The fourth-order valence-corrected chi connectivity index (χ4v) is 5.01. The second-order valence-corrected chi connectivity index (χ2v) is 8.82. The molecule has 0 unspecified atom stereocenters. The average Bonchev–Trinajstić information content (AvgIpc) is 3.48. The molecule has 3 aromatic rings. The average molecular weight is 478 g/mol. The van der Waals surface area contributed by atoms with E-state index in [1.165, 1.54) is 0 Å². The minimum Gasteiger partial charge on any atom is -0.478 e. The van der Waals surface area contributed by atoms with E-state index >= 15 is 0 Å². The summed E-state index contributed by atoms with van der Waals surface area (Å²) >= 11 is 5.81. The summed E-state index contributed by atoms with van der Waals surface area (Å²) in [5.74, 6) is -0.936. The van der Waals surface area contributed by atoms with Gasteiger partial charge in [0.25, 0.3) is 0 Å². The third-order valence-electron chi connectivity index (χ3n) is 6.43. The van der Waals surface area contributed by atoms with Crippen LogP contribution in [0.3, 0.4) is 0 Å². The van der Waals surface area contributed by atoms with Crippen LogP contribution >= 0.6 is 12.2 Å². The molecular formula is C25H27N5O3S. The van der Waals surface area contributed by atoms with Gasteiger partial charge in [-0.15, -0.1) is 0 Å². The lowest BCUT2D eigenvalue weighted by molar-refractivity contribution is 0.0349. The van der Waals surface area contributed by atoms with Crippen molar-refractivity contribution >= 4 is 23.3 Å². The first-order chi connectivity index (χ1) is 16.6. The van der Waals surface area contributed by atoms with E-state index in [4.69, 9.17) is 17.0 Å². The van der Waals surface area contributed by atoms with Crippen molar-refractivity contribution in [3.05, 3.63) is 83.9 Å². The van der Waals surface area contributed by atoms with E-state index in [1.54, 1.807) is 18.3 Å². The van der Waals surface area contributed by atoms with Crippen LogP contribution < -0.4 is 5.32 Å². The van der Waals surface area contributed by atoms with Gasteiger partial charge in [-0.1, -0.05) is 6.07 Å². The number of ether oxygens (including phenoxy) is 1. The fraction of sp³-hybridized carbons (Fsp3) is 0.320. The number of thiocarbonyl (C=S) groups is 1. The molecule has 4 heterocycles. The van der Waals surface area contributed by atoms with Gasteiger partial charge >= 0.3 is 5.97 Å². The van der Waals surface area contributed by atoms with Crippen LogP contribution in [-0.4, -0.2) is 74.9 Å². The van der Waals surface area contributed by atoms with Crippen LogP contribution in [0.4, 0.5) is 0 Å². The lowest BCUT2D eigenvalue weighted by Crippen LogP contribution is -2.42. The summed E-state index contributed by atoms with van der Waals surface area (Å²) in [6.45, 7) is 5.05. The standard InChI is InChI=1S/C25H27N5O3S/c31-24(32)18-6-8-19(9-7-18)29-11-3-5-21(29)23-22(20-4-1-2-10-26-20)27-25(34)30(23)13-12-28-14-16-33-17-15-28/h1-11,22-23H,12-17H2,(H,27,34)(H,31,32)/t22-,23+/m1/s1. The van der Waals surface area contributed by atoms with E-state index in [1.807, 2.05) is 42.6 Å². The molecule has 0 spiro atoms. The van der Waals surface area contributed by atoms with E-state index in [0.29, 0.717) is 5.11 Å². The van der Waals surface area contributed by atoms with Crippen molar-refractivity contribution < 1.29 is 14.6 Å². The van der Waals surface area contributed by atoms with Crippen molar-refractivity contribution in [2.45, 2.75) is 12.1 Å². The lowest BCUT2D eigenvalue weighted by Gasteiger charge is -2.32. The molecule has 2 aromatic heterocycles. The predicted octanol–water partition coefficient (Wildman–Crippen LogP) is 2.88. The van der Waals surface area contributed by atoms with Gasteiger partial charge < -0.3 is 24.6 Å². The van der Waals surface area contributed by atoms with Crippen molar-refractivity contribution in [2.75, 3.05) is 39.4 Å². The highest BCUT2D eigenvalue weighted by Crippen LogP contribution is 2.39. The van der Waals surface area contributed by atoms with Crippen molar-refractivity contribution in [3.8, 4) is 5.69 Å². The van der Waals surface area contributed by atoms with Crippen LogP contribution in [0.15, 0.2) is 67.0 Å². The summed E-state index contributed by atoms with van der Waals surface area (Å²) in [4.78, 5) is 20.6. The number of pyridine rings is 1. The highest BCUT2D eigenvalue weighted by molar-refractivity contribution is 7.80. The Morgan fingerprint density at radius 2 is 1.88 bits per heavy atom. The maximum atomic E-state index is 11.3. The number of rotatable bonds is 7. The highest BCUT2D eigenvalue weighted by Gasteiger charge is 2.41. The number of carboxylic acids is 1. The van der Waals surface area contributed by atoms with Crippen LogP contribution in [0.25, 0.3) is 5.69 Å². The number of nitrogens with zero attached hydrogens (tertiary/aromatic N) is 4. The van der Waals surface area contributed by atoms with Crippen molar-refractivity contribution in [3.63, 3.8) is 0 Å². The van der Waals surface area contributed by atoms with E-state index < -0.39 is 5.97 Å². The Morgan fingerprint density at radius 1 is 1.09 bits per heavy atom. The molecule has 0 amide bonds. The van der Waals surface area contributed by atoms with Crippen LogP contribution in [-0.2, 0) is 4.74 Å². The van der Waals surface area contributed by atoms with Crippen molar-refractivity contribution in [1.29, 1.82) is 0 Å². The number of carboxylic acid groups (broad SMARTS) is 1. The first kappa shape index (κ1) is 22.5. The topological polar surface area (TPSA) is 82.9 Å². The summed E-state index contributed by atoms with van der Waals surface area (Å²) in [5.41, 5.74) is 3.15. The SMILES string of the molecule is O=C(O)c1ccc(-n2cccc2[C@H]2[C@@H](c3ccccn3)NC(=S)N2CCN2CCOCC2)cc1. The Balaban J connectivity index is 1.49.